The van der Waals surface area contributed by atoms with E-state index in [1.54, 1.807) is 12.1 Å². The van der Waals surface area contributed by atoms with Crippen LogP contribution >= 0.6 is 38.5 Å². The second-order valence-electron chi connectivity index (χ2n) is 5.40. The fraction of sp³-hybridized carbons (Fsp3) is 0.286. The van der Waals surface area contributed by atoms with Crippen molar-refractivity contribution in [2.45, 2.75) is 26.2 Å². The summed E-state index contributed by atoms with van der Waals surface area (Å²) in [6.45, 7) is 6.17. The Morgan fingerprint density at radius 2 is 1.90 bits per heavy atom. The molecule has 1 heterocycles. The lowest BCUT2D eigenvalue weighted by molar-refractivity contribution is 0.544. The zero-order chi connectivity index (χ0) is 14.9. The lowest BCUT2D eigenvalue weighted by Gasteiger charge is -2.18. The molecule has 0 amide bonds. The molecule has 1 aromatic heterocycles. The van der Waals surface area contributed by atoms with E-state index in [9.17, 15) is 4.39 Å². The topological polar surface area (TPSA) is 37.8 Å². The zero-order valence-corrected chi connectivity index (χ0v) is 15.1. The van der Waals surface area contributed by atoms with E-state index in [0.29, 0.717) is 5.82 Å². The van der Waals surface area contributed by atoms with Gasteiger partial charge in [-0.25, -0.2) is 14.4 Å². The molecule has 0 aliphatic rings. The van der Waals surface area contributed by atoms with Crippen LogP contribution in [0.2, 0.25) is 0 Å². The van der Waals surface area contributed by atoms with Gasteiger partial charge in [-0.3, -0.25) is 0 Å². The molecule has 0 radical (unpaired) electrons. The van der Waals surface area contributed by atoms with Crippen molar-refractivity contribution in [3.8, 4) is 0 Å². The van der Waals surface area contributed by atoms with Crippen molar-refractivity contribution >= 4 is 50.0 Å². The molecule has 1 N–H and O–H groups in total. The van der Waals surface area contributed by atoms with Gasteiger partial charge in [-0.1, -0.05) is 20.8 Å². The van der Waals surface area contributed by atoms with Crippen LogP contribution in [0.5, 0.6) is 0 Å². The highest BCUT2D eigenvalue weighted by atomic mass is 127. The van der Waals surface area contributed by atoms with Crippen LogP contribution in [-0.2, 0) is 5.41 Å². The fourth-order valence-electron chi connectivity index (χ4n) is 1.55. The van der Waals surface area contributed by atoms with E-state index >= 15 is 0 Å². The van der Waals surface area contributed by atoms with Crippen LogP contribution in [0.1, 0.15) is 26.6 Å². The third-order valence-electron chi connectivity index (χ3n) is 2.56. The summed E-state index contributed by atoms with van der Waals surface area (Å²) in [7, 11) is 0. The number of anilines is 2. The highest BCUT2D eigenvalue weighted by molar-refractivity contribution is 14.1. The highest BCUT2D eigenvalue weighted by Gasteiger charge is 2.19. The summed E-state index contributed by atoms with van der Waals surface area (Å²) in [4.78, 5) is 8.90. The van der Waals surface area contributed by atoms with Gasteiger partial charge in [0.25, 0.3) is 0 Å². The Labute approximate surface area is 139 Å². The lowest BCUT2D eigenvalue weighted by atomic mass is 9.96. The summed E-state index contributed by atoms with van der Waals surface area (Å²) in [5, 5.41) is 3.20. The number of benzene rings is 1. The molecule has 1 aromatic carbocycles. The Hall–Kier alpha value is -0.760. The van der Waals surface area contributed by atoms with Gasteiger partial charge in [0.15, 0.2) is 0 Å². The van der Waals surface area contributed by atoms with Gasteiger partial charge >= 0.3 is 0 Å². The summed E-state index contributed by atoms with van der Waals surface area (Å²) in [5.74, 6) is 1.17. The monoisotopic (exact) mass is 449 g/mol. The Morgan fingerprint density at radius 3 is 2.50 bits per heavy atom. The van der Waals surface area contributed by atoms with Crippen molar-refractivity contribution in [2.75, 3.05) is 5.32 Å². The summed E-state index contributed by atoms with van der Waals surface area (Å²) in [5.41, 5.74) is 0.674. The molecule has 0 saturated heterocycles. The zero-order valence-electron chi connectivity index (χ0n) is 11.3. The van der Waals surface area contributed by atoms with Crippen molar-refractivity contribution in [3.63, 3.8) is 0 Å². The molecule has 0 unspecified atom stereocenters. The van der Waals surface area contributed by atoms with Crippen molar-refractivity contribution in [3.05, 3.63) is 44.1 Å². The van der Waals surface area contributed by atoms with Crippen LogP contribution in [0.4, 0.5) is 15.9 Å². The molecule has 0 aliphatic heterocycles. The van der Waals surface area contributed by atoms with E-state index in [4.69, 9.17) is 0 Å². The normalized spacial score (nSPS) is 11.5. The van der Waals surface area contributed by atoms with Crippen LogP contribution in [0.25, 0.3) is 0 Å². The standard InChI is InChI=1S/C14H14BrFIN3/c1-14(2,3)13-19-11(15)7-12(20-13)18-10-5-4-8(16)6-9(10)17/h4-7H,1-3H3,(H,18,19,20). The second kappa shape index (κ2) is 5.93. The van der Waals surface area contributed by atoms with Gasteiger partial charge in [-0.15, -0.1) is 0 Å². The van der Waals surface area contributed by atoms with E-state index < -0.39 is 0 Å². The van der Waals surface area contributed by atoms with Gasteiger partial charge in [0.2, 0.25) is 0 Å². The van der Waals surface area contributed by atoms with Gasteiger partial charge in [0.05, 0.1) is 5.69 Å². The Balaban J connectivity index is 2.36. The molecule has 2 aromatic rings. The first-order valence-corrected chi connectivity index (χ1v) is 7.90. The summed E-state index contributed by atoms with van der Waals surface area (Å²) < 4.78 is 14.6. The van der Waals surface area contributed by atoms with Crippen LogP contribution in [0, 0.1) is 9.39 Å². The van der Waals surface area contributed by atoms with Crippen LogP contribution < -0.4 is 5.32 Å². The Morgan fingerprint density at radius 1 is 1.20 bits per heavy atom. The highest BCUT2D eigenvalue weighted by Crippen LogP contribution is 2.26. The van der Waals surface area contributed by atoms with E-state index in [1.165, 1.54) is 12.1 Å². The van der Waals surface area contributed by atoms with Crippen molar-refractivity contribution in [1.82, 2.24) is 9.97 Å². The maximum atomic E-state index is 13.1. The van der Waals surface area contributed by atoms with Crippen LogP contribution in [0.15, 0.2) is 28.9 Å². The minimum atomic E-state index is -0.251. The Bertz CT molecular complexity index is 641. The first kappa shape index (κ1) is 15.6. The molecule has 3 nitrogen and oxygen atoms in total. The van der Waals surface area contributed by atoms with E-state index in [0.717, 1.165) is 19.7 Å². The molecule has 2 rings (SSSR count). The number of halogens is 3. The van der Waals surface area contributed by atoms with Crippen LogP contribution in [0.3, 0.4) is 0 Å². The minimum Gasteiger partial charge on any atom is -0.339 e. The van der Waals surface area contributed by atoms with Gasteiger partial charge in [-0.2, -0.15) is 0 Å². The quantitative estimate of drug-likeness (QED) is 0.516. The summed E-state index contributed by atoms with van der Waals surface area (Å²) in [6.07, 6.45) is 0. The van der Waals surface area contributed by atoms with E-state index in [2.05, 4.69) is 74.6 Å². The molecule has 106 valence electrons. The maximum absolute atomic E-state index is 13.1. The van der Waals surface area contributed by atoms with Gasteiger partial charge in [0, 0.05) is 15.1 Å². The van der Waals surface area contributed by atoms with Crippen LogP contribution in [-0.4, -0.2) is 9.97 Å². The molecule has 6 heteroatoms. The van der Waals surface area contributed by atoms with Crippen molar-refractivity contribution in [1.29, 1.82) is 0 Å². The Kier molecular flexibility index (Phi) is 4.63. The second-order valence-corrected chi connectivity index (χ2v) is 7.37. The first-order chi connectivity index (χ1) is 9.25. The van der Waals surface area contributed by atoms with Gasteiger partial charge in [0.1, 0.15) is 22.1 Å². The number of hydrogen-bond donors (Lipinski definition) is 1. The number of aromatic nitrogens is 2. The number of nitrogens with one attached hydrogen (secondary N) is 1. The maximum Gasteiger partial charge on any atom is 0.137 e. The van der Waals surface area contributed by atoms with E-state index in [-0.39, 0.29) is 11.2 Å². The predicted octanol–water partition coefficient (Wildman–Crippen LogP) is 5.02. The molecule has 0 aliphatic carbocycles. The number of hydrogen-bond acceptors (Lipinski definition) is 3. The first-order valence-electron chi connectivity index (χ1n) is 6.03. The molecule has 0 fully saturated rings. The van der Waals surface area contributed by atoms with Gasteiger partial charge in [-0.05, 0) is 56.7 Å². The largest absolute Gasteiger partial charge is 0.339 e. The third kappa shape index (κ3) is 3.88. The molecule has 0 bridgehead atoms. The number of nitrogens with zero attached hydrogens (tertiary/aromatic N) is 2. The number of rotatable bonds is 2. The smallest absolute Gasteiger partial charge is 0.137 e. The van der Waals surface area contributed by atoms with Crippen molar-refractivity contribution < 1.29 is 4.39 Å². The molecular formula is C14H14BrFIN3. The molecule has 0 atom stereocenters. The average molecular weight is 450 g/mol. The SMILES string of the molecule is CC(C)(C)c1nc(Br)cc(Nc2ccc(F)cc2I)n1. The molecule has 0 spiro atoms. The minimum absolute atomic E-state index is 0.143. The van der Waals surface area contributed by atoms with Gasteiger partial charge < -0.3 is 5.32 Å². The van der Waals surface area contributed by atoms with E-state index in [1.807, 2.05) is 0 Å². The fourth-order valence-corrected chi connectivity index (χ4v) is 2.54. The average Bonchev–Trinajstić information content (AvgIpc) is 2.31. The summed E-state index contributed by atoms with van der Waals surface area (Å²) in [6, 6.07) is 6.40. The van der Waals surface area contributed by atoms with Crippen molar-refractivity contribution in [2.24, 2.45) is 0 Å². The predicted molar refractivity (Wildman–Crippen MR) is 90.8 cm³/mol. The summed E-state index contributed by atoms with van der Waals surface area (Å²) >= 11 is 5.48. The lowest BCUT2D eigenvalue weighted by Crippen LogP contribution is -2.17. The molecule has 20 heavy (non-hydrogen) atoms. The third-order valence-corrected chi connectivity index (χ3v) is 3.86. The molecule has 0 saturated carbocycles. The molecular weight excluding hydrogens is 436 g/mol.